The van der Waals surface area contributed by atoms with Gasteiger partial charge in [-0.2, -0.15) is 0 Å². The van der Waals surface area contributed by atoms with Gasteiger partial charge in [0, 0.05) is 17.0 Å². The highest BCUT2D eigenvalue weighted by Gasteiger charge is 2.34. The molecule has 1 amide bonds. The summed E-state index contributed by atoms with van der Waals surface area (Å²) in [7, 11) is 0. The van der Waals surface area contributed by atoms with E-state index >= 15 is 0 Å². The zero-order chi connectivity index (χ0) is 23.1. The van der Waals surface area contributed by atoms with Crippen LogP contribution in [0, 0.1) is 0 Å². The van der Waals surface area contributed by atoms with Gasteiger partial charge in [0.1, 0.15) is 5.92 Å². The van der Waals surface area contributed by atoms with E-state index in [2.05, 4.69) is 27.6 Å². The van der Waals surface area contributed by atoms with Crippen LogP contribution in [0.4, 0.5) is 11.6 Å². The number of anilines is 1. The number of fused-ring (bicyclic) bond motifs is 1. The van der Waals surface area contributed by atoms with E-state index in [0.717, 1.165) is 29.5 Å². The molecular formula is C25H24ClN3O4. The van der Waals surface area contributed by atoms with Crippen LogP contribution in [-0.4, -0.2) is 34.6 Å². The molecule has 8 heteroatoms. The predicted molar refractivity (Wildman–Crippen MR) is 127 cm³/mol. The highest BCUT2D eigenvalue weighted by Crippen LogP contribution is 2.42. The molecule has 3 aromatic rings. The van der Waals surface area contributed by atoms with E-state index in [4.69, 9.17) is 20.9 Å². The van der Waals surface area contributed by atoms with Crippen LogP contribution in [-0.2, 0) is 4.79 Å². The van der Waals surface area contributed by atoms with Gasteiger partial charge in [-0.15, -0.1) is 0 Å². The number of benzene rings is 2. The number of hydrogen-bond acceptors (Lipinski definition) is 6. The van der Waals surface area contributed by atoms with Gasteiger partial charge in [-0.25, -0.2) is 4.99 Å². The van der Waals surface area contributed by atoms with Crippen molar-refractivity contribution in [2.75, 3.05) is 11.9 Å². The Labute approximate surface area is 196 Å². The fourth-order valence-corrected chi connectivity index (χ4v) is 4.74. The molecule has 0 radical (unpaired) electrons. The number of aliphatic hydroxyl groups excluding tert-OH is 1. The van der Waals surface area contributed by atoms with Crippen molar-refractivity contribution in [1.29, 1.82) is 0 Å². The fraction of sp³-hybridized carbons (Fsp3) is 0.320. The number of aliphatic hydroxyl groups is 1. The first-order valence-corrected chi connectivity index (χ1v) is 11.4. The molecule has 1 unspecified atom stereocenters. The molecule has 1 saturated carbocycles. The normalized spacial score (nSPS) is 22.0. The number of amides is 1. The highest BCUT2D eigenvalue weighted by molar-refractivity contribution is 6.34. The van der Waals surface area contributed by atoms with Gasteiger partial charge < -0.3 is 19.7 Å². The van der Waals surface area contributed by atoms with Gasteiger partial charge in [0.15, 0.2) is 0 Å². The summed E-state index contributed by atoms with van der Waals surface area (Å²) in [6.45, 7) is 4.12. The van der Waals surface area contributed by atoms with Gasteiger partial charge in [-0.05, 0) is 66.6 Å². The average molecular weight is 466 g/mol. The number of nitrogens with one attached hydrogen (secondary N) is 1. The van der Waals surface area contributed by atoms with Gasteiger partial charge in [0.2, 0.25) is 5.91 Å². The lowest BCUT2D eigenvalue weighted by molar-refractivity contribution is -0.115. The summed E-state index contributed by atoms with van der Waals surface area (Å²) in [6, 6.07) is 13.6. The molecule has 33 heavy (non-hydrogen) atoms. The lowest BCUT2D eigenvalue weighted by atomic mass is 9.77. The Balaban J connectivity index is 1.45. The van der Waals surface area contributed by atoms with Gasteiger partial charge in [0.05, 0.1) is 23.8 Å². The Hall–Kier alpha value is -3.16. The molecule has 2 aromatic carbocycles. The summed E-state index contributed by atoms with van der Waals surface area (Å²) in [5.41, 5.74) is 5.12. The molecule has 0 saturated heterocycles. The van der Waals surface area contributed by atoms with E-state index in [1.165, 1.54) is 5.56 Å². The molecule has 0 spiro atoms. The Morgan fingerprint density at radius 3 is 2.73 bits per heavy atom. The quantitative estimate of drug-likeness (QED) is 0.471. The van der Waals surface area contributed by atoms with E-state index in [1.807, 2.05) is 25.1 Å². The zero-order valence-corrected chi connectivity index (χ0v) is 19.1. The van der Waals surface area contributed by atoms with Crippen molar-refractivity contribution in [2.45, 2.75) is 44.6 Å². The topological polar surface area (TPSA) is 97.0 Å². The van der Waals surface area contributed by atoms with Crippen LogP contribution in [0.15, 0.2) is 52.0 Å². The van der Waals surface area contributed by atoms with Crippen LogP contribution in [0.25, 0.3) is 11.1 Å². The predicted octanol–water partition coefficient (Wildman–Crippen LogP) is 5.46. The van der Waals surface area contributed by atoms with Gasteiger partial charge in [0.25, 0.3) is 11.8 Å². The second-order valence-electron chi connectivity index (χ2n) is 8.48. The van der Waals surface area contributed by atoms with E-state index in [1.54, 1.807) is 19.1 Å². The first kappa shape index (κ1) is 21.7. The minimum absolute atomic E-state index is 0.164. The summed E-state index contributed by atoms with van der Waals surface area (Å²) in [5, 5.41) is 16.8. The van der Waals surface area contributed by atoms with Gasteiger partial charge >= 0.3 is 0 Å². The summed E-state index contributed by atoms with van der Waals surface area (Å²) in [4.78, 5) is 17.3. The van der Waals surface area contributed by atoms with Crippen molar-refractivity contribution in [2.24, 2.45) is 4.99 Å². The first-order valence-electron chi connectivity index (χ1n) is 11.0. The number of carbonyl (C=O) groups excluding carboxylic acids is 1. The number of ether oxygens (including phenoxy) is 1. The maximum Gasteiger partial charge on any atom is 0.256 e. The molecule has 2 N–H and O–H groups in total. The molecule has 5 rings (SSSR count). The lowest BCUT2D eigenvalue weighted by Gasteiger charge is -2.31. The lowest BCUT2D eigenvalue weighted by Crippen LogP contribution is -2.26. The number of carbonyl (C=O) groups is 1. The summed E-state index contributed by atoms with van der Waals surface area (Å²) in [6.07, 6.45) is 1.43. The Bertz CT molecular complexity index is 1230. The minimum atomic E-state index is -0.563. The molecule has 2 heterocycles. The van der Waals surface area contributed by atoms with Crippen molar-refractivity contribution in [3.05, 3.63) is 58.6 Å². The summed E-state index contributed by atoms with van der Waals surface area (Å²) < 4.78 is 10.5. The maximum atomic E-state index is 12.8. The third kappa shape index (κ3) is 4.14. The average Bonchev–Trinajstić information content (AvgIpc) is 3.33. The Kier molecular flexibility index (Phi) is 5.68. The standard InChI is InChI=1S/C25H24ClN3O4/c1-3-32-23-12-22(33-29-23)27-13(2)24-19-10-18(20(26)11-21(19)28-25(24)31)15-6-4-14(5-7-15)16-8-17(30)9-16/h4-7,10-12,16-17,24,30H,3,8-9H2,1-2H3,(H,28,31). The molecule has 1 fully saturated rings. The van der Waals surface area contributed by atoms with Crippen LogP contribution in [0.5, 0.6) is 5.88 Å². The first-order chi connectivity index (χ1) is 15.9. The van der Waals surface area contributed by atoms with Crippen LogP contribution < -0.4 is 10.1 Å². The zero-order valence-electron chi connectivity index (χ0n) is 18.3. The van der Waals surface area contributed by atoms with Crippen molar-refractivity contribution >= 4 is 34.8 Å². The molecule has 1 aromatic heterocycles. The smallest absolute Gasteiger partial charge is 0.256 e. The minimum Gasteiger partial charge on any atom is -0.476 e. The Morgan fingerprint density at radius 1 is 1.27 bits per heavy atom. The largest absolute Gasteiger partial charge is 0.476 e. The monoisotopic (exact) mass is 465 g/mol. The number of aromatic nitrogens is 1. The van der Waals surface area contributed by atoms with Crippen LogP contribution in [0.3, 0.4) is 0 Å². The molecular weight excluding hydrogens is 442 g/mol. The van der Waals surface area contributed by atoms with E-state index < -0.39 is 5.92 Å². The fourth-order valence-electron chi connectivity index (χ4n) is 4.47. The second-order valence-corrected chi connectivity index (χ2v) is 8.88. The summed E-state index contributed by atoms with van der Waals surface area (Å²) in [5.74, 6) is 0.321. The van der Waals surface area contributed by atoms with E-state index in [-0.39, 0.29) is 17.9 Å². The second kappa shape index (κ2) is 8.65. The molecule has 1 aliphatic carbocycles. The molecule has 1 atom stereocenters. The Morgan fingerprint density at radius 2 is 2.03 bits per heavy atom. The van der Waals surface area contributed by atoms with Crippen LogP contribution in [0.1, 0.15) is 49.7 Å². The van der Waals surface area contributed by atoms with E-state index in [9.17, 15) is 9.90 Å². The van der Waals surface area contributed by atoms with Crippen molar-refractivity contribution < 1.29 is 19.2 Å². The number of hydrogen-bond donors (Lipinski definition) is 2. The van der Waals surface area contributed by atoms with Gasteiger partial charge in [-0.3, -0.25) is 4.79 Å². The molecule has 1 aliphatic heterocycles. The maximum absolute atomic E-state index is 12.8. The molecule has 2 aliphatic rings. The van der Waals surface area contributed by atoms with Gasteiger partial charge in [-0.1, -0.05) is 35.9 Å². The van der Waals surface area contributed by atoms with Crippen LogP contribution >= 0.6 is 11.6 Å². The SMILES string of the molecule is CCOc1cc(N=C(C)C2C(=O)Nc3cc(Cl)c(-c4ccc(C5CC(O)C5)cc4)cc32)on1. The number of halogens is 1. The molecule has 7 nitrogen and oxygen atoms in total. The van der Waals surface area contributed by atoms with Crippen LogP contribution in [0.2, 0.25) is 5.02 Å². The van der Waals surface area contributed by atoms with Crippen molar-refractivity contribution in [1.82, 2.24) is 5.16 Å². The van der Waals surface area contributed by atoms with Crippen molar-refractivity contribution in [3.8, 4) is 17.0 Å². The third-order valence-corrected chi connectivity index (χ3v) is 6.56. The third-order valence-electron chi connectivity index (χ3n) is 6.25. The molecule has 170 valence electrons. The summed E-state index contributed by atoms with van der Waals surface area (Å²) >= 11 is 6.59. The van der Waals surface area contributed by atoms with Crippen molar-refractivity contribution in [3.63, 3.8) is 0 Å². The van der Waals surface area contributed by atoms with E-state index in [0.29, 0.717) is 34.8 Å². The molecule has 0 bridgehead atoms. The number of nitrogens with zero attached hydrogens (tertiary/aromatic N) is 2. The number of aliphatic imine (C=N–C) groups is 1. The number of rotatable bonds is 6. The highest BCUT2D eigenvalue weighted by atomic mass is 35.5.